The number of para-hydroxylation sites is 1. The summed E-state index contributed by atoms with van der Waals surface area (Å²) in [4.78, 5) is 4.34. The summed E-state index contributed by atoms with van der Waals surface area (Å²) in [5.41, 5.74) is 1.19. The van der Waals surface area contributed by atoms with Gasteiger partial charge < -0.3 is 15.4 Å². The zero-order valence-electron chi connectivity index (χ0n) is 12.0. The Morgan fingerprint density at radius 1 is 1.36 bits per heavy atom. The predicted octanol–water partition coefficient (Wildman–Crippen LogP) is 2.08. The van der Waals surface area contributed by atoms with Crippen molar-refractivity contribution in [2.24, 2.45) is 0 Å². The number of nitrogens with zero attached hydrogens (tertiary/aromatic N) is 4. The highest BCUT2D eigenvalue weighted by Crippen LogP contribution is 2.18. The van der Waals surface area contributed by atoms with Gasteiger partial charge in [0.1, 0.15) is 6.07 Å². The maximum Gasteiger partial charge on any atom is 0.249 e. The van der Waals surface area contributed by atoms with E-state index >= 15 is 0 Å². The maximum atomic E-state index is 9.08. The lowest BCUT2D eigenvalue weighted by Gasteiger charge is -2.11. The number of nitrogens with one attached hydrogen (secondary N) is 2. The fraction of sp³-hybridized carbons (Fsp3) is 0.333. The number of benzene rings is 1. The Morgan fingerprint density at radius 3 is 3.09 bits per heavy atom. The molecule has 2 N–H and O–H groups in total. The fourth-order valence-corrected chi connectivity index (χ4v) is 2.28. The van der Waals surface area contributed by atoms with E-state index in [2.05, 4.69) is 31.9 Å². The Morgan fingerprint density at radius 2 is 2.27 bits per heavy atom. The summed E-state index contributed by atoms with van der Waals surface area (Å²) in [5, 5.41) is 23.2. The summed E-state index contributed by atoms with van der Waals surface area (Å²) in [7, 11) is 0. The fourth-order valence-electron chi connectivity index (χ4n) is 2.28. The molecule has 0 amide bonds. The van der Waals surface area contributed by atoms with Crippen LogP contribution < -0.4 is 10.6 Å². The molecule has 1 aliphatic rings. The van der Waals surface area contributed by atoms with Gasteiger partial charge in [0.05, 0.1) is 23.6 Å². The monoisotopic (exact) mass is 296 g/mol. The molecule has 0 saturated carbocycles. The van der Waals surface area contributed by atoms with Crippen LogP contribution in [0.5, 0.6) is 0 Å². The molecule has 1 aliphatic heterocycles. The summed E-state index contributed by atoms with van der Waals surface area (Å²) in [6.07, 6.45) is 3.96. The first-order valence-electron chi connectivity index (χ1n) is 7.16. The molecule has 7 heteroatoms. The van der Waals surface area contributed by atoms with Crippen molar-refractivity contribution in [3.8, 4) is 6.07 Å². The molecule has 1 aromatic carbocycles. The minimum atomic E-state index is 0.227. The second kappa shape index (κ2) is 6.83. The minimum absolute atomic E-state index is 0.227. The summed E-state index contributed by atoms with van der Waals surface area (Å²) >= 11 is 0. The van der Waals surface area contributed by atoms with Crippen LogP contribution in [0.1, 0.15) is 18.4 Å². The molecule has 0 aliphatic carbocycles. The van der Waals surface area contributed by atoms with Crippen LogP contribution in [0.4, 0.5) is 17.5 Å². The van der Waals surface area contributed by atoms with E-state index in [0.29, 0.717) is 29.6 Å². The molecular formula is C15H16N6O. The van der Waals surface area contributed by atoms with Crippen molar-refractivity contribution in [3.63, 3.8) is 0 Å². The van der Waals surface area contributed by atoms with E-state index < -0.39 is 0 Å². The van der Waals surface area contributed by atoms with Gasteiger partial charge in [-0.15, -0.1) is 5.10 Å². The van der Waals surface area contributed by atoms with Gasteiger partial charge in [-0.2, -0.15) is 15.3 Å². The largest absolute Gasteiger partial charge is 0.376 e. The minimum Gasteiger partial charge on any atom is -0.376 e. The molecule has 0 bridgehead atoms. The molecule has 0 spiro atoms. The lowest BCUT2D eigenvalue weighted by Crippen LogP contribution is -2.19. The zero-order chi connectivity index (χ0) is 15.2. The van der Waals surface area contributed by atoms with Crippen molar-refractivity contribution in [1.29, 1.82) is 5.26 Å². The zero-order valence-corrected chi connectivity index (χ0v) is 12.0. The molecule has 22 heavy (non-hydrogen) atoms. The molecule has 3 rings (SSSR count). The summed E-state index contributed by atoms with van der Waals surface area (Å²) in [5.74, 6) is 0.975. The second-order valence-corrected chi connectivity index (χ2v) is 4.96. The smallest absolute Gasteiger partial charge is 0.249 e. The SMILES string of the molecule is N#Cc1ccccc1Nc1nncc(NCC2CCCO2)n1. The lowest BCUT2D eigenvalue weighted by atomic mass is 10.2. The standard InChI is InChI=1S/C15H16N6O/c16-8-11-4-1-2-6-13(11)19-15-20-14(10-18-21-15)17-9-12-5-3-7-22-12/h1-2,4,6,10,12H,3,5,7,9H2,(H2,17,19,20,21). The Labute approximate surface area is 128 Å². The van der Waals surface area contributed by atoms with Gasteiger partial charge in [0.2, 0.25) is 5.95 Å². The molecule has 1 saturated heterocycles. The van der Waals surface area contributed by atoms with E-state index in [0.717, 1.165) is 19.4 Å². The van der Waals surface area contributed by atoms with Crippen LogP contribution >= 0.6 is 0 Å². The molecule has 1 aromatic heterocycles. The van der Waals surface area contributed by atoms with Crippen LogP contribution in [-0.4, -0.2) is 34.4 Å². The van der Waals surface area contributed by atoms with Gasteiger partial charge in [0.25, 0.3) is 0 Å². The van der Waals surface area contributed by atoms with Crippen LogP contribution in [0.2, 0.25) is 0 Å². The van der Waals surface area contributed by atoms with Crippen molar-refractivity contribution in [2.45, 2.75) is 18.9 Å². The molecule has 7 nitrogen and oxygen atoms in total. The first-order chi connectivity index (χ1) is 10.8. The first kappa shape index (κ1) is 14.2. The van der Waals surface area contributed by atoms with E-state index in [1.807, 2.05) is 12.1 Å². The average molecular weight is 296 g/mol. The van der Waals surface area contributed by atoms with E-state index in [1.165, 1.54) is 0 Å². The average Bonchev–Trinajstić information content (AvgIpc) is 3.07. The first-order valence-corrected chi connectivity index (χ1v) is 7.16. The highest BCUT2D eigenvalue weighted by atomic mass is 16.5. The number of rotatable bonds is 5. The molecule has 1 atom stereocenters. The van der Waals surface area contributed by atoms with Gasteiger partial charge in [0, 0.05) is 13.2 Å². The predicted molar refractivity (Wildman–Crippen MR) is 81.7 cm³/mol. The quantitative estimate of drug-likeness (QED) is 0.872. The molecular weight excluding hydrogens is 280 g/mol. The highest BCUT2D eigenvalue weighted by Gasteiger charge is 2.15. The molecule has 1 unspecified atom stereocenters. The summed E-state index contributed by atoms with van der Waals surface area (Å²) < 4.78 is 5.55. The third-order valence-corrected chi connectivity index (χ3v) is 3.39. The molecule has 2 aromatic rings. The Bertz CT molecular complexity index is 678. The highest BCUT2D eigenvalue weighted by molar-refractivity contribution is 5.62. The van der Waals surface area contributed by atoms with Crippen LogP contribution in [0.3, 0.4) is 0 Å². The van der Waals surface area contributed by atoms with Crippen LogP contribution in [0.25, 0.3) is 0 Å². The van der Waals surface area contributed by atoms with Crippen molar-refractivity contribution in [1.82, 2.24) is 15.2 Å². The van der Waals surface area contributed by atoms with Crippen molar-refractivity contribution in [3.05, 3.63) is 36.0 Å². The van der Waals surface area contributed by atoms with Crippen molar-refractivity contribution < 1.29 is 4.74 Å². The van der Waals surface area contributed by atoms with Crippen LogP contribution in [0, 0.1) is 11.3 Å². The van der Waals surface area contributed by atoms with Gasteiger partial charge in [-0.1, -0.05) is 12.1 Å². The van der Waals surface area contributed by atoms with Gasteiger partial charge in [-0.05, 0) is 25.0 Å². The summed E-state index contributed by atoms with van der Waals surface area (Å²) in [6, 6.07) is 9.30. The van der Waals surface area contributed by atoms with Gasteiger partial charge >= 0.3 is 0 Å². The lowest BCUT2D eigenvalue weighted by molar-refractivity contribution is 0.120. The maximum absolute atomic E-state index is 9.08. The number of aromatic nitrogens is 3. The Balaban J connectivity index is 1.67. The third-order valence-electron chi connectivity index (χ3n) is 3.39. The number of nitriles is 1. The molecule has 2 heterocycles. The normalized spacial score (nSPS) is 17.0. The Kier molecular flexibility index (Phi) is 4.41. The van der Waals surface area contributed by atoms with E-state index in [4.69, 9.17) is 10.00 Å². The number of hydrogen-bond donors (Lipinski definition) is 2. The Hall–Kier alpha value is -2.72. The number of hydrogen-bond acceptors (Lipinski definition) is 7. The van der Waals surface area contributed by atoms with Gasteiger partial charge in [-0.3, -0.25) is 0 Å². The third kappa shape index (κ3) is 3.48. The van der Waals surface area contributed by atoms with Crippen LogP contribution in [0.15, 0.2) is 30.5 Å². The van der Waals surface area contributed by atoms with E-state index in [-0.39, 0.29) is 6.10 Å². The van der Waals surface area contributed by atoms with Crippen molar-refractivity contribution >= 4 is 17.5 Å². The number of ether oxygens (including phenoxy) is 1. The van der Waals surface area contributed by atoms with E-state index in [1.54, 1.807) is 18.3 Å². The topological polar surface area (TPSA) is 95.8 Å². The summed E-state index contributed by atoms with van der Waals surface area (Å²) in [6.45, 7) is 1.53. The van der Waals surface area contributed by atoms with Crippen LogP contribution in [-0.2, 0) is 4.74 Å². The second-order valence-electron chi connectivity index (χ2n) is 4.96. The molecule has 1 fully saturated rings. The van der Waals surface area contributed by atoms with Crippen molar-refractivity contribution in [2.75, 3.05) is 23.8 Å². The molecule has 112 valence electrons. The van der Waals surface area contributed by atoms with E-state index in [9.17, 15) is 0 Å². The van der Waals surface area contributed by atoms with Gasteiger partial charge in [0.15, 0.2) is 5.82 Å². The van der Waals surface area contributed by atoms with Gasteiger partial charge in [-0.25, -0.2) is 0 Å². The molecule has 0 radical (unpaired) electrons. The number of anilines is 3.